The van der Waals surface area contributed by atoms with Crippen molar-refractivity contribution in [3.05, 3.63) is 90.0 Å². The van der Waals surface area contributed by atoms with E-state index in [1.54, 1.807) is 36.4 Å². The van der Waals surface area contributed by atoms with E-state index in [0.29, 0.717) is 16.9 Å². The lowest BCUT2D eigenvalue weighted by Crippen LogP contribution is -2.41. The second-order valence-electron chi connectivity index (χ2n) is 7.65. The van der Waals surface area contributed by atoms with E-state index < -0.39 is 22.0 Å². The molecular formula is C24H24N4O5S. The molecule has 0 fully saturated rings. The van der Waals surface area contributed by atoms with Crippen LogP contribution in [0.2, 0.25) is 0 Å². The SMILES string of the molecule is O=C(NOCc1ccccc1)c1ccc2c(c1)NC(CCNS(=O)(=O)c1ccccc1)C(=O)N2. The molecule has 4 N–H and O–H groups in total. The van der Waals surface area contributed by atoms with Gasteiger partial charge in [0.15, 0.2) is 0 Å². The molecule has 1 unspecified atom stereocenters. The molecule has 1 heterocycles. The number of carbonyl (C=O) groups is 2. The first-order valence-electron chi connectivity index (χ1n) is 10.6. The summed E-state index contributed by atoms with van der Waals surface area (Å²) in [6, 6.07) is 21.6. The van der Waals surface area contributed by atoms with Crippen molar-refractivity contribution in [2.75, 3.05) is 17.2 Å². The van der Waals surface area contributed by atoms with E-state index in [0.717, 1.165) is 5.56 Å². The Hall–Kier alpha value is -3.73. The van der Waals surface area contributed by atoms with Gasteiger partial charge >= 0.3 is 0 Å². The van der Waals surface area contributed by atoms with Gasteiger partial charge in [0.05, 0.1) is 22.9 Å². The van der Waals surface area contributed by atoms with Gasteiger partial charge in [-0.2, -0.15) is 0 Å². The number of nitrogens with one attached hydrogen (secondary N) is 4. The minimum absolute atomic E-state index is 0.0607. The predicted octanol–water partition coefficient (Wildman–Crippen LogP) is 2.65. The number of fused-ring (bicyclic) bond motifs is 1. The van der Waals surface area contributed by atoms with Crippen LogP contribution in [-0.2, 0) is 26.3 Å². The van der Waals surface area contributed by atoms with Gasteiger partial charge in [-0.1, -0.05) is 48.5 Å². The van der Waals surface area contributed by atoms with Gasteiger partial charge in [-0.25, -0.2) is 18.6 Å². The molecule has 0 spiro atoms. The van der Waals surface area contributed by atoms with Crippen molar-refractivity contribution in [2.45, 2.75) is 24.0 Å². The number of sulfonamides is 1. The van der Waals surface area contributed by atoms with E-state index in [1.165, 1.54) is 12.1 Å². The van der Waals surface area contributed by atoms with Crippen molar-refractivity contribution in [3.8, 4) is 0 Å². The highest BCUT2D eigenvalue weighted by Gasteiger charge is 2.26. The fourth-order valence-corrected chi connectivity index (χ4v) is 4.50. The van der Waals surface area contributed by atoms with Crippen LogP contribution in [0.3, 0.4) is 0 Å². The molecule has 1 aliphatic heterocycles. The molecule has 34 heavy (non-hydrogen) atoms. The molecule has 0 saturated heterocycles. The van der Waals surface area contributed by atoms with Gasteiger partial charge < -0.3 is 10.6 Å². The van der Waals surface area contributed by atoms with Crippen molar-refractivity contribution >= 4 is 33.2 Å². The summed E-state index contributed by atoms with van der Waals surface area (Å²) in [5.74, 6) is -0.709. The standard InChI is InChI=1S/C24H24N4O5S/c29-23(28-33-16-17-7-3-1-4-8-17)18-11-12-20-22(15-18)26-21(24(30)27-20)13-14-25-34(31,32)19-9-5-2-6-10-19/h1-12,15,21,25-26H,13-14,16H2,(H,27,30)(H,28,29). The first-order chi connectivity index (χ1) is 16.4. The van der Waals surface area contributed by atoms with E-state index in [2.05, 4.69) is 20.8 Å². The third kappa shape index (κ3) is 5.79. The summed E-state index contributed by atoms with van der Waals surface area (Å²) < 4.78 is 27.2. The van der Waals surface area contributed by atoms with Gasteiger partial charge in [-0.3, -0.25) is 14.4 Å². The van der Waals surface area contributed by atoms with Gasteiger partial charge in [0, 0.05) is 12.1 Å². The van der Waals surface area contributed by atoms with Crippen LogP contribution in [0, 0.1) is 0 Å². The van der Waals surface area contributed by atoms with Crippen LogP contribution in [0.25, 0.3) is 0 Å². The van der Waals surface area contributed by atoms with Crippen LogP contribution in [0.15, 0.2) is 83.8 Å². The highest BCUT2D eigenvalue weighted by Crippen LogP contribution is 2.28. The molecule has 3 aromatic rings. The zero-order valence-corrected chi connectivity index (χ0v) is 19.0. The number of anilines is 2. The lowest BCUT2D eigenvalue weighted by molar-refractivity contribution is -0.117. The average Bonchev–Trinajstić information content (AvgIpc) is 2.85. The first-order valence-corrected chi connectivity index (χ1v) is 12.1. The molecule has 10 heteroatoms. The number of hydrogen-bond donors (Lipinski definition) is 4. The molecule has 0 aromatic heterocycles. The van der Waals surface area contributed by atoms with Crippen molar-refractivity contribution < 1.29 is 22.8 Å². The van der Waals surface area contributed by atoms with Crippen LogP contribution in [0.5, 0.6) is 0 Å². The zero-order chi connectivity index (χ0) is 24.0. The highest BCUT2D eigenvalue weighted by atomic mass is 32.2. The number of amides is 2. The average molecular weight is 481 g/mol. The largest absolute Gasteiger partial charge is 0.372 e. The van der Waals surface area contributed by atoms with Gasteiger partial charge in [-0.05, 0) is 42.3 Å². The maximum atomic E-state index is 12.5. The normalized spacial score (nSPS) is 15.1. The van der Waals surface area contributed by atoms with E-state index in [-0.39, 0.29) is 30.4 Å². The Morgan fingerprint density at radius 1 is 0.941 bits per heavy atom. The Labute approximate surface area is 197 Å². The van der Waals surface area contributed by atoms with E-state index in [9.17, 15) is 18.0 Å². The van der Waals surface area contributed by atoms with Crippen LogP contribution >= 0.6 is 0 Å². The van der Waals surface area contributed by atoms with Gasteiger partial charge in [0.2, 0.25) is 15.9 Å². The summed E-state index contributed by atoms with van der Waals surface area (Å²) in [5.41, 5.74) is 4.77. The molecular weight excluding hydrogens is 456 g/mol. The van der Waals surface area contributed by atoms with Crippen LogP contribution < -0.4 is 20.8 Å². The second kappa shape index (κ2) is 10.5. The summed E-state index contributed by atoms with van der Waals surface area (Å²) in [6.07, 6.45) is 0.216. The lowest BCUT2D eigenvalue weighted by atomic mass is 10.1. The van der Waals surface area contributed by atoms with E-state index in [1.807, 2.05) is 30.3 Å². The lowest BCUT2D eigenvalue weighted by Gasteiger charge is -2.27. The molecule has 0 radical (unpaired) electrons. The summed E-state index contributed by atoms with van der Waals surface area (Å²) in [4.78, 5) is 30.3. The topological polar surface area (TPSA) is 126 Å². The summed E-state index contributed by atoms with van der Waals surface area (Å²) in [7, 11) is -3.66. The molecule has 1 atom stereocenters. The first kappa shape index (κ1) is 23.4. The second-order valence-corrected chi connectivity index (χ2v) is 9.42. The monoisotopic (exact) mass is 480 g/mol. The molecule has 3 aromatic carbocycles. The molecule has 0 bridgehead atoms. The minimum atomic E-state index is -3.66. The van der Waals surface area contributed by atoms with E-state index >= 15 is 0 Å². The fraction of sp³-hybridized carbons (Fsp3) is 0.167. The van der Waals surface area contributed by atoms with Crippen LogP contribution in [0.1, 0.15) is 22.3 Å². The molecule has 1 aliphatic rings. The summed E-state index contributed by atoms with van der Waals surface area (Å²) in [5, 5.41) is 5.86. The third-order valence-corrected chi connectivity index (χ3v) is 6.69. The number of rotatable bonds is 9. The third-order valence-electron chi connectivity index (χ3n) is 5.21. The Balaban J connectivity index is 1.33. The quantitative estimate of drug-likeness (QED) is 0.349. The minimum Gasteiger partial charge on any atom is -0.372 e. The number of benzene rings is 3. The van der Waals surface area contributed by atoms with Crippen molar-refractivity contribution in [1.29, 1.82) is 0 Å². The molecule has 176 valence electrons. The van der Waals surface area contributed by atoms with Crippen molar-refractivity contribution in [1.82, 2.24) is 10.2 Å². The summed E-state index contributed by atoms with van der Waals surface area (Å²) >= 11 is 0. The Morgan fingerprint density at radius 3 is 2.38 bits per heavy atom. The number of hydrogen-bond acceptors (Lipinski definition) is 6. The maximum absolute atomic E-state index is 12.5. The predicted molar refractivity (Wildman–Crippen MR) is 127 cm³/mol. The van der Waals surface area contributed by atoms with E-state index in [4.69, 9.17) is 4.84 Å². The molecule has 2 amide bonds. The Morgan fingerprint density at radius 2 is 1.65 bits per heavy atom. The highest BCUT2D eigenvalue weighted by molar-refractivity contribution is 7.89. The van der Waals surface area contributed by atoms with Crippen LogP contribution in [0.4, 0.5) is 11.4 Å². The Kier molecular flexibility index (Phi) is 7.21. The maximum Gasteiger partial charge on any atom is 0.274 e. The van der Waals surface area contributed by atoms with Gasteiger partial charge in [0.25, 0.3) is 5.91 Å². The number of hydroxylamine groups is 1. The molecule has 0 saturated carbocycles. The molecule has 0 aliphatic carbocycles. The van der Waals surface area contributed by atoms with Gasteiger partial charge in [-0.15, -0.1) is 0 Å². The molecule has 9 nitrogen and oxygen atoms in total. The number of carbonyl (C=O) groups excluding carboxylic acids is 2. The Bertz CT molecular complexity index is 1270. The molecule has 4 rings (SSSR count). The zero-order valence-electron chi connectivity index (χ0n) is 18.2. The smallest absolute Gasteiger partial charge is 0.274 e. The van der Waals surface area contributed by atoms with Crippen LogP contribution in [-0.4, -0.2) is 32.8 Å². The summed E-state index contributed by atoms with van der Waals surface area (Å²) in [6.45, 7) is 0.290. The van der Waals surface area contributed by atoms with Crippen molar-refractivity contribution in [3.63, 3.8) is 0 Å². The fourth-order valence-electron chi connectivity index (χ4n) is 3.43. The van der Waals surface area contributed by atoms with Crippen molar-refractivity contribution in [2.24, 2.45) is 0 Å². The van der Waals surface area contributed by atoms with Gasteiger partial charge in [0.1, 0.15) is 6.04 Å².